The van der Waals surface area contributed by atoms with E-state index in [1.807, 2.05) is 6.92 Å². The first-order chi connectivity index (χ1) is 6.65. The van der Waals surface area contributed by atoms with Gasteiger partial charge in [0, 0.05) is 0 Å². The largest absolute Gasteiger partial charge is 0.461 e. The first kappa shape index (κ1) is 11.5. The average molecular weight is 199 g/mol. The van der Waals surface area contributed by atoms with Crippen molar-refractivity contribution in [3.63, 3.8) is 0 Å². The highest BCUT2D eigenvalue weighted by Crippen LogP contribution is 2.26. The fraction of sp³-hybridized carbons (Fsp3) is 0.909. The zero-order valence-electron chi connectivity index (χ0n) is 9.16. The van der Waals surface area contributed by atoms with E-state index < -0.39 is 6.04 Å². The first-order valence-electron chi connectivity index (χ1n) is 5.61. The van der Waals surface area contributed by atoms with E-state index in [1.165, 1.54) is 19.3 Å². The Morgan fingerprint density at radius 1 is 1.50 bits per heavy atom. The van der Waals surface area contributed by atoms with Crippen molar-refractivity contribution in [2.45, 2.75) is 58.1 Å². The van der Waals surface area contributed by atoms with Crippen molar-refractivity contribution in [3.05, 3.63) is 0 Å². The summed E-state index contributed by atoms with van der Waals surface area (Å²) >= 11 is 0. The van der Waals surface area contributed by atoms with Crippen molar-refractivity contribution in [2.75, 3.05) is 0 Å². The third kappa shape index (κ3) is 2.98. The van der Waals surface area contributed by atoms with Gasteiger partial charge in [-0.15, -0.1) is 0 Å². The molecule has 0 bridgehead atoms. The van der Waals surface area contributed by atoms with Gasteiger partial charge in [-0.25, -0.2) is 0 Å². The molecule has 0 aliphatic heterocycles. The molecule has 0 radical (unpaired) electrons. The van der Waals surface area contributed by atoms with Gasteiger partial charge in [0.25, 0.3) is 0 Å². The molecular weight excluding hydrogens is 178 g/mol. The smallest absolute Gasteiger partial charge is 0.323 e. The Morgan fingerprint density at radius 2 is 2.14 bits per heavy atom. The molecule has 2 unspecified atom stereocenters. The highest BCUT2D eigenvalue weighted by Gasteiger charge is 2.26. The lowest BCUT2D eigenvalue weighted by Crippen LogP contribution is -2.37. The lowest BCUT2D eigenvalue weighted by Gasteiger charge is -2.29. The third-order valence-corrected chi connectivity index (χ3v) is 3.04. The quantitative estimate of drug-likeness (QED) is 0.706. The molecule has 0 aromatic heterocycles. The summed E-state index contributed by atoms with van der Waals surface area (Å²) in [6.45, 7) is 4.05. The molecule has 3 atom stereocenters. The zero-order valence-corrected chi connectivity index (χ0v) is 9.16. The first-order valence-corrected chi connectivity index (χ1v) is 5.61. The predicted octanol–water partition coefficient (Wildman–Crippen LogP) is 1.85. The fourth-order valence-corrected chi connectivity index (χ4v) is 1.86. The summed E-state index contributed by atoms with van der Waals surface area (Å²) in [6.07, 6.45) is 5.36. The van der Waals surface area contributed by atoms with E-state index in [-0.39, 0.29) is 12.1 Å². The van der Waals surface area contributed by atoms with Crippen molar-refractivity contribution in [2.24, 2.45) is 11.7 Å². The number of hydrogen-bond acceptors (Lipinski definition) is 3. The molecule has 0 saturated heterocycles. The molecule has 1 fully saturated rings. The number of rotatable bonds is 3. The summed E-state index contributed by atoms with van der Waals surface area (Å²) in [5.74, 6) is 0.267. The average Bonchev–Trinajstić information content (AvgIpc) is 2.20. The molecule has 82 valence electrons. The molecule has 1 aliphatic carbocycles. The van der Waals surface area contributed by atoms with Crippen LogP contribution >= 0.6 is 0 Å². The van der Waals surface area contributed by atoms with E-state index in [0.717, 1.165) is 6.42 Å². The van der Waals surface area contributed by atoms with Gasteiger partial charge in [-0.05, 0) is 31.6 Å². The number of carbonyl (C=O) groups is 1. The van der Waals surface area contributed by atoms with Gasteiger partial charge in [-0.1, -0.05) is 20.3 Å². The summed E-state index contributed by atoms with van der Waals surface area (Å²) < 4.78 is 5.39. The van der Waals surface area contributed by atoms with Crippen LogP contribution in [-0.4, -0.2) is 18.1 Å². The number of ether oxygens (including phenoxy) is 1. The summed E-state index contributed by atoms with van der Waals surface area (Å²) in [6, 6.07) is -0.441. The maximum absolute atomic E-state index is 11.4. The van der Waals surface area contributed by atoms with Crippen LogP contribution < -0.4 is 5.73 Å². The molecule has 0 aromatic rings. The van der Waals surface area contributed by atoms with Gasteiger partial charge in [-0.2, -0.15) is 0 Å². The molecule has 0 aromatic carbocycles. The van der Waals surface area contributed by atoms with Gasteiger partial charge < -0.3 is 10.5 Å². The Morgan fingerprint density at radius 3 is 2.71 bits per heavy atom. The lowest BCUT2D eigenvalue weighted by atomic mass is 9.88. The molecule has 3 nitrogen and oxygen atoms in total. The van der Waals surface area contributed by atoms with Crippen LogP contribution in [0.4, 0.5) is 0 Å². The Kier molecular flexibility index (Phi) is 4.39. The van der Waals surface area contributed by atoms with Gasteiger partial charge in [0.2, 0.25) is 0 Å². The highest BCUT2D eigenvalue weighted by molar-refractivity contribution is 5.75. The topological polar surface area (TPSA) is 52.3 Å². The van der Waals surface area contributed by atoms with Crippen LogP contribution in [0.2, 0.25) is 0 Å². The molecule has 1 saturated carbocycles. The van der Waals surface area contributed by atoms with Crippen LogP contribution in [0.3, 0.4) is 0 Å². The lowest BCUT2D eigenvalue weighted by molar-refractivity contribution is -0.154. The van der Waals surface area contributed by atoms with Crippen molar-refractivity contribution in [1.82, 2.24) is 0 Å². The summed E-state index contributed by atoms with van der Waals surface area (Å²) in [5.41, 5.74) is 5.60. The maximum Gasteiger partial charge on any atom is 0.323 e. The monoisotopic (exact) mass is 199 g/mol. The predicted molar refractivity (Wildman–Crippen MR) is 55.8 cm³/mol. The minimum Gasteiger partial charge on any atom is -0.461 e. The second-order valence-corrected chi connectivity index (χ2v) is 4.25. The molecular formula is C11H21NO2. The van der Waals surface area contributed by atoms with Crippen molar-refractivity contribution < 1.29 is 9.53 Å². The summed E-state index contributed by atoms with van der Waals surface area (Å²) in [4.78, 5) is 11.4. The second-order valence-electron chi connectivity index (χ2n) is 4.25. The van der Waals surface area contributed by atoms with Gasteiger partial charge in [-0.3, -0.25) is 4.79 Å². The van der Waals surface area contributed by atoms with Crippen LogP contribution in [0.5, 0.6) is 0 Å². The summed E-state index contributed by atoms with van der Waals surface area (Å²) in [7, 11) is 0. The van der Waals surface area contributed by atoms with Crippen molar-refractivity contribution >= 4 is 5.97 Å². The highest BCUT2D eigenvalue weighted by atomic mass is 16.5. The van der Waals surface area contributed by atoms with Crippen LogP contribution in [0.1, 0.15) is 46.0 Å². The molecule has 0 spiro atoms. The van der Waals surface area contributed by atoms with Crippen molar-refractivity contribution in [3.8, 4) is 0 Å². The molecule has 2 N–H and O–H groups in total. The van der Waals surface area contributed by atoms with E-state index in [0.29, 0.717) is 12.3 Å². The standard InChI is InChI=1S/C11H21NO2/c1-3-9(12)11(13)14-10-7-5-4-6-8(10)2/h8-10H,3-7,12H2,1-2H3/t8?,9-,10?/m0/s1. The number of esters is 1. The van der Waals surface area contributed by atoms with E-state index in [2.05, 4.69) is 6.92 Å². The minimum absolute atomic E-state index is 0.105. The normalized spacial score (nSPS) is 29.6. The second kappa shape index (κ2) is 5.35. The van der Waals surface area contributed by atoms with Crippen LogP contribution in [0.25, 0.3) is 0 Å². The SMILES string of the molecule is CC[C@H](N)C(=O)OC1CCCCC1C. The fourth-order valence-electron chi connectivity index (χ4n) is 1.86. The summed E-state index contributed by atoms with van der Waals surface area (Å²) in [5, 5.41) is 0. The molecule has 1 rings (SSSR count). The third-order valence-electron chi connectivity index (χ3n) is 3.04. The molecule has 0 heterocycles. The van der Waals surface area contributed by atoms with E-state index in [1.54, 1.807) is 0 Å². The van der Waals surface area contributed by atoms with Crippen LogP contribution in [-0.2, 0) is 9.53 Å². The zero-order chi connectivity index (χ0) is 10.6. The van der Waals surface area contributed by atoms with Crippen LogP contribution in [0, 0.1) is 5.92 Å². The maximum atomic E-state index is 11.4. The Bertz CT molecular complexity index is 194. The molecule has 3 heteroatoms. The number of nitrogens with two attached hydrogens (primary N) is 1. The van der Waals surface area contributed by atoms with E-state index >= 15 is 0 Å². The van der Waals surface area contributed by atoms with Gasteiger partial charge in [0.05, 0.1) is 0 Å². The molecule has 14 heavy (non-hydrogen) atoms. The van der Waals surface area contributed by atoms with Crippen LogP contribution in [0.15, 0.2) is 0 Å². The van der Waals surface area contributed by atoms with Gasteiger partial charge in [0.1, 0.15) is 12.1 Å². The Labute approximate surface area is 86.0 Å². The van der Waals surface area contributed by atoms with Crippen molar-refractivity contribution in [1.29, 1.82) is 0 Å². The van der Waals surface area contributed by atoms with Gasteiger partial charge >= 0.3 is 5.97 Å². The number of hydrogen-bond donors (Lipinski definition) is 1. The van der Waals surface area contributed by atoms with E-state index in [9.17, 15) is 4.79 Å². The number of carbonyl (C=O) groups excluding carboxylic acids is 1. The van der Waals surface area contributed by atoms with E-state index in [4.69, 9.17) is 10.5 Å². The Hall–Kier alpha value is -0.570. The Balaban J connectivity index is 2.38. The van der Waals surface area contributed by atoms with Gasteiger partial charge in [0.15, 0.2) is 0 Å². The molecule has 1 aliphatic rings. The molecule has 0 amide bonds. The minimum atomic E-state index is -0.441.